The summed E-state index contributed by atoms with van der Waals surface area (Å²) in [6.45, 7) is 8.02. The second kappa shape index (κ2) is 5.34. The molecule has 0 bridgehead atoms. The molecule has 0 N–H and O–H groups in total. The molecule has 1 aliphatic carbocycles. The second-order valence-electron chi connectivity index (χ2n) is 5.01. The Hall–Kier alpha value is -0.320. The highest BCUT2D eigenvalue weighted by molar-refractivity contribution is 14.1. The van der Waals surface area contributed by atoms with Gasteiger partial charge < -0.3 is 4.74 Å². The molecule has 1 atom stereocenters. The molecule has 0 radical (unpaired) electrons. The summed E-state index contributed by atoms with van der Waals surface area (Å²) < 4.78 is 7.37. The van der Waals surface area contributed by atoms with E-state index in [1.54, 1.807) is 0 Å². The van der Waals surface area contributed by atoms with Gasteiger partial charge in [0.2, 0.25) is 0 Å². The fraction of sp³-hybridized carbons (Fsp3) is 0.615. The van der Waals surface area contributed by atoms with Crippen LogP contribution in [0.5, 0.6) is 0 Å². The van der Waals surface area contributed by atoms with Gasteiger partial charge in [0.05, 0.1) is 0 Å². The molecule has 0 aromatic carbocycles. The van der Waals surface area contributed by atoms with Crippen molar-refractivity contribution in [3.05, 3.63) is 21.3 Å². The van der Waals surface area contributed by atoms with Gasteiger partial charge in [-0.2, -0.15) is 0 Å². The van der Waals surface area contributed by atoms with Crippen LogP contribution in [-0.4, -0.2) is 12.1 Å². The third-order valence-electron chi connectivity index (χ3n) is 3.02. The minimum Gasteiger partial charge on any atom is -0.462 e. The standard InChI is InChI=1S/C13H19IO2/c1-9-7-11(16-10(2)15)8-13(3,4)12(9)5-6-14/h5-6,11H,7-8H2,1-4H3/b6-5+/t11-/m1/s1. The van der Waals surface area contributed by atoms with E-state index >= 15 is 0 Å². The van der Waals surface area contributed by atoms with E-state index in [0.717, 1.165) is 12.8 Å². The van der Waals surface area contributed by atoms with Crippen molar-refractivity contribution < 1.29 is 9.53 Å². The molecule has 1 aliphatic rings. The first kappa shape index (κ1) is 13.7. The molecular weight excluding hydrogens is 315 g/mol. The highest BCUT2D eigenvalue weighted by atomic mass is 127. The average Bonchev–Trinajstić information content (AvgIpc) is 2.09. The summed E-state index contributed by atoms with van der Waals surface area (Å²) in [4.78, 5) is 11.0. The normalized spacial score (nSPS) is 24.9. The van der Waals surface area contributed by atoms with Gasteiger partial charge in [-0.25, -0.2) is 0 Å². The van der Waals surface area contributed by atoms with E-state index in [2.05, 4.69) is 49.4 Å². The van der Waals surface area contributed by atoms with Crippen LogP contribution < -0.4 is 0 Å². The van der Waals surface area contributed by atoms with Crippen molar-refractivity contribution in [3.63, 3.8) is 0 Å². The minimum absolute atomic E-state index is 0.0406. The first-order chi connectivity index (χ1) is 7.36. The summed E-state index contributed by atoms with van der Waals surface area (Å²) in [5, 5.41) is 0. The van der Waals surface area contributed by atoms with Gasteiger partial charge in [0, 0.05) is 13.3 Å². The molecular formula is C13H19IO2. The fourth-order valence-electron chi connectivity index (χ4n) is 2.53. The van der Waals surface area contributed by atoms with E-state index in [-0.39, 0.29) is 17.5 Å². The Morgan fingerprint density at radius 2 is 2.19 bits per heavy atom. The van der Waals surface area contributed by atoms with Crippen molar-refractivity contribution >= 4 is 28.6 Å². The summed E-state index contributed by atoms with van der Waals surface area (Å²) in [6, 6.07) is 0. The van der Waals surface area contributed by atoms with Gasteiger partial charge in [-0.1, -0.05) is 48.1 Å². The van der Waals surface area contributed by atoms with Crippen molar-refractivity contribution in [2.45, 2.75) is 46.6 Å². The van der Waals surface area contributed by atoms with Crippen LogP contribution in [0.2, 0.25) is 0 Å². The van der Waals surface area contributed by atoms with Crippen molar-refractivity contribution in [1.29, 1.82) is 0 Å². The van der Waals surface area contributed by atoms with Gasteiger partial charge in [0.15, 0.2) is 0 Å². The Bertz CT molecular complexity index is 340. The monoisotopic (exact) mass is 334 g/mol. The smallest absolute Gasteiger partial charge is 0.302 e. The number of carbonyl (C=O) groups excluding carboxylic acids is 1. The number of allylic oxidation sites excluding steroid dienone is 2. The zero-order valence-electron chi connectivity index (χ0n) is 10.3. The number of hydrogen-bond donors (Lipinski definition) is 0. The highest BCUT2D eigenvalue weighted by Crippen LogP contribution is 2.42. The maximum absolute atomic E-state index is 11.0. The molecule has 0 saturated heterocycles. The van der Waals surface area contributed by atoms with Gasteiger partial charge >= 0.3 is 5.97 Å². The number of esters is 1. The molecule has 0 amide bonds. The average molecular weight is 334 g/mol. The molecule has 16 heavy (non-hydrogen) atoms. The van der Waals surface area contributed by atoms with E-state index in [1.807, 2.05) is 4.08 Å². The Morgan fingerprint density at radius 1 is 1.56 bits per heavy atom. The Kier molecular flexibility index (Phi) is 4.59. The van der Waals surface area contributed by atoms with E-state index in [9.17, 15) is 4.79 Å². The number of halogens is 1. The van der Waals surface area contributed by atoms with Crippen molar-refractivity contribution in [3.8, 4) is 0 Å². The summed E-state index contributed by atoms with van der Waals surface area (Å²) in [5.74, 6) is -0.179. The predicted octanol–water partition coefficient (Wildman–Crippen LogP) is 4.00. The lowest BCUT2D eigenvalue weighted by Crippen LogP contribution is -2.31. The van der Waals surface area contributed by atoms with Crippen LogP contribution in [0.1, 0.15) is 40.5 Å². The quantitative estimate of drug-likeness (QED) is 0.564. The summed E-state index contributed by atoms with van der Waals surface area (Å²) >= 11 is 2.24. The zero-order valence-corrected chi connectivity index (χ0v) is 12.5. The number of ether oxygens (including phenoxy) is 1. The molecule has 0 spiro atoms. The van der Waals surface area contributed by atoms with Crippen LogP contribution in [0.25, 0.3) is 0 Å². The largest absolute Gasteiger partial charge is 0.462 e. The maximum atomic E-state index is 11.0. The number of hydrogen-bond acceptors (Lipinski definition) is 2. The Balaban J connectivity index is 2.92. The molecule has 0 heterocycles. The molecule has 0 saturated carbocycles. The summed E-state index contributed by atoms with van der Waals surface area (Å²) in [5.41, 5.74) is 2.80. The molecule has 0 fully saturated rings. The first-order valence-corrected chi connectivity index (χ1v) is 6.75. The fourth-order valence-corrected chi connectivity index (χ4v) is 2.89. The SMILES string of the molecule is CC(=O)O[C@@H]1CC(C)=C(/C=C/I)C(C)(C)C1. The molecule has 0 unspecified atom stereocenters. The predicted molar refractivity (Wildman–Crippen MR) is 74.4 cm³/mol. The van der Waals surface area contributed by atoms with E-state index in [4.69, 9.17) is 4.74 Å². The van der Waals surface area contributed by atoms with Crippen molar-refractivity contribution in [1.82, 2.24) is 0 Å². The third kappa shape index (κ3) is 3.34. The van der Waals surface area contributed by atoms with Crippen LogP contribution in [0.15, 0.2) is 21.3 Å². The van der Waals surface area contributed by atoms with Crippen molar-refractivity contribution in [2.75, 3.05) is 0 Å². The van der Waals surface area contributed by atoms with Gasteiger partial charge in [0.1, 0.15) is 6.10 Å². The van der Waals surface area contributed by atoms with Gasteiger partial charge in [-0.05, 0) is 28.4 Å². The van der Waals surface area contributed by atoms with Gasteiger partial charge in [-0.15, -0.1) is 0 Å². The van der Waals surface area contributed by atoms with E-state index in [0.29, 0.717) is 0 Å². The van der Waals surface area contributed by atoms with Crippen LogP contribution in [0.3, 0.4) is 0 Å². The number of carbonyl (C=O) groups is 1. The summed E-state index contributed by atoms with van der Waals surface area (Å²) in [6.07, 6.45) is 3.97. The van der Waals surface area contributed by atoms with Gasteiger partial charge in [0.25, 0.3) is 0 Å². The first-order valence-electron chi connectivity index (χ1n) is 5.51. The Labute approximate surface area is 111 Å². The van der Waals surface area contributed by atoms with Crippen LogP contribution >= 0.6 is 22.6 Å². The molecule has 2 nitrogen and oxygen atoms in total. The lowest BCUT2D eigenvalue weighted by atomic mass is 9.71. The molecule has 1 rings (SSSR count). The molecule has 3 heteroatoms. The van der Waals surface area contributed by atoms with Crippen LogP contribution in [0, 0.1) is 5.41 Å². The highest BCUT2D eigenvalue weighted by Gasteiger charge is 2.33. The van der Waals surface area contributed by atoms with Crippen LogP contribution in [0.4, 0.5) is 0 Å². The molecule has 0 aromatic heterocycles. The second-order valence-corrected chi connectivity index (χ2v) is 5.73. The summed E-state index contributed by atoms with van der Waals surface area (Å²) in [7, 11) is 0. The number of rotatable bonds is 2. The third-order valence-corrected chi connectivity index (χ3v) is 3.38. The zero-order chi connectivity index (χ0) is 12.3. The van der Waals surface area contributed by atoms with Crippen LogP contribution in [-0.2, 0) is 9.53 Å². The minimum atomic E-state index is -0.179. The van der Waals surface area contributed by atoms with Gasteiger partial charge in [-0.3, -0.25) is 4.79 Å². The van der Waals surface area contributed by atoms with E-state index in [1.165, 1.54) is 18.1 Å². The van der Waals surface area contributed by atoms with E-state index < -0.39 is 0 Å². The molecule has 0 aromatic rings. The lowest BCUT2D eigenvalue weighted by molar-refractivity contribution is -0.147. The van der Waals surface area contributed by atoms with Crippen molar-refractivity contribution in [2.24, 2.45) is 5.41 Å². The Morgan fingerprint density at radius 3 is 2.62 bits per heavy atom. The maximum Gasteiger partial charge on any atom is 0.302 e. The molecule has 90 valence electrons. The molecule has 0 aliphatic heterocycles. The lowest BCUT2D eigenvalue weighted by Gasteiger charge is -2.37. The topological polar surface area (TPSA) is 26.3 Å².